The van der Waals surface area contributed by atoms with Crippen LogP contribution in [0.5, 0.6) is 0 Å². The summed E-state index contributed by atoms with van der Waals surface area (Å²) in [5, 5.41) is 17.3. The lowest BCUT2D eigenvalue weighted by Crippen LogP contribution is -2.29. The molecule has 0 aliphatic heterocycles. The molecule has 104 valence electrons. The first kappa shape index (κ1) is 17.3. The Hall–Kier alpha value is -0.715. The largest absolute Gasteiger partial charge is 0.451 e. The van der Waals surface area contributed by atoms with Crippen LogP contribution in [0.25, 0.3) is 0 Å². The van der Waals surface area contributed by atoms with Crippen LogP contribution >= 0.6 is 0 Å². The second-order valence-electron chi connectivity index (χ2n) is 4.85. The molecule has 0 heterocycles. The monoisotopic (exact) mass is 258 g/mol. The molecule has 1 aliphatic rings. The molecular formula is C11H23BN2O4. The molecule has 18 heavy (non-hydrogen) atoms. The number of unbranched alkanes of at least 4 members (excludes halogenated alkanes) is 1. The van der Waals surface area contributed by atoms with Gasteiger partial charge in [0.2, 0.25) is 0 Å². The van der Waals surface area contributed by atoms with E-state index in [2.05, 4.69) is 0 Å². The van der Waals surface area contributed by atoms with Gasteiger partial charge in [0.25, 0.3) is 0 Å². The third kappa shape index (κ3) is 8.39. The number of hydrogen-bond acceptors (Lipinski definition) is 6. The van der Waals surface area contributed by atoms with Crippen LogP contribution in [0, 0.1) is 5.92 Å². The van der Waals surface area contributed by atoms with E-state index in [-0.39, 0.29) is 12.2 Å². The molecule has 1 rings (SSSR count). The van der Waals surface area contributed by atoms with Gasteiger partial charge < -0.3 is 21.5 Å². The van der Waals surface area contributed by atoms with E-state index in [4.69, 9.17) is 31.1 Å². The lowest BCUT2D eigenvalue weighted by Gasteiger charge is -2.18. The molecule has 0 aromatic rings. The van der Waals surface area contributed by atoms with Crippen molar-refractivity contribution >= 4 is 13.3 Å². The van der Waals surface area contributed by atoms with Gasteiger partial charge in [0.15, 0.2) is 0 Å². The van der Waals surface area contributed by atoms with Crippen LogP contribution in [0.15, 0.2) is 0 Å². The molecule has 1 unspecified atom stereocenters. The second-order valence-corrected chi connectivity index (χ2v) is 4.85. The topological polar surface area (TPSA) is 127 Å². The summed E-state index contributed by atoms with van der Waals surface area (Å²) in [6.07, 6.45) is 6.82. The highest BCUT2D eigenvalue weighted by Crippen LogP contribution is 2.28. The summed E-state index contributed by atoms with van der Waals surface area (Å²) in [6, 6.07) is 0.592. The predicted octanol–water partition coefficient (Wildman–Crippen LogP) is -0.499. The fraction of sp³-hybridized carbons (Fsp3) is 0.909. The second kappa shape index (κ2) is 10.2. The van der Waals surface area contributed by atoms with Gasteiger partial charge in [0.1, 0.15) is 0 Å². The number of nitrogens with two attached hydrogens (primary N) is 2. The quantitative estimate of drug-likeness (QED) is 0.376. The zero-order chi connectivity index (χ0) is 14.0. The van der Waals surface area contributed by atoms with Crippen LogP contribution in [-0.4, -0.2) is 35.4 Å². The van der Waals surface area contributed by atoms with Crippen molar-refractivity contribution in [1.82, 2.24) is 0 Å². The fourth-order valence-corrected chi connectivity index (χ4v) is 2.38. The predicted molar refractivity (Wildman–Crippen MR) is 67.1 cm³/mol. The van der Waals surface area contributed by atoms with E-state index in [1.165, 1.54) is 0 Å². The van der Waals surface area contributed by atoms with Crippen LogP contribution < -0.4 is 11.5 Å². The highest BCUT2D eigenvalue weighted by atomic mass is 16.4. The van der Waals surface area contributed by atoms with Crippen molar-refractivity contribution in [3.05, 3.63) is 0 Å². The lowest BCUT2D eigenvalue weighted by atomic mass is 9.82. The van der Waals surface area contributed by atoms with Gasteiger partial charge in [-0.15, -0.1) is 0 Å². The minimum absolute atomic E-state index is 0.245. The maximum Gasteiger partial charge on any atom is 0.451 e. The third-order valence-electron chi connectivity index (χ3n) is 3.37. The molecule has 6 nitrogen and oxygen atoms in total. The van der Waals surface area contributed by atoms with Crippen LogP contribution in [0.1, 0.15) is 38.5 Å². The summed E-state index contributed by atoms with van der Waals surface area (Å²) >= 11 is 0. The van der Waals surface area contributed by atoms with Crippen molar-refractivity contribution in [3.63, 3.8) is 0 Å². The Balaban J connectivity index is 0.000000873. The van der Waals surface area contributed by atoms with E-state index in [1.807, 2.05) is 0 Å². The Morgan fingerprint density at radius 1 is 1.28 bits per heavy atom. The van der Waals surface area contributed by atoms with E-state index < -0.39 is 7.12 Å². The molecule has 0 amide bonds. The first-order valence-electron chi connectivity index (χ1n) is 6.37. The Morgan fingerprint density at radius 2 is 1.89 bits per heavy atom. The summed E-state index contributed by atoms with van der Waals surface area (Å²) in [4.78, 5) is 16.2. The average molecular weight is 258 g/mol. The maximum absolute atomic E-state index is 8.67. The zero-order valence-electron chi connectivity index (χ0n) is 10.6. The van der Waals surface area contributed by atoms with Crippen molar-refractivity contribution in [2.45, 2.75) is 56.9 Å². The van der Waals surface area contributed by atoms with E-state index in [1.54, 1.807) is 0 Å². The molecule has 0 radical (unpaired) electrons. The minimum Gasteiger partial charge on any atom is -0.427 e. The Kier molecular flexibility index (Phi) is 9.82. The SMILES string of the molecule is N[C@H]1CCC([C@@H](N)CCCCB(O)O)C1.O=C=O. The molecule has 7 heteroatoms. The van der Waals surface area contributed by atoms with Gasteiger partial charge in [0.05, 0.1) is 0 Å². The van der Waals surface area contributed by atoms with Crippen LogP contribution in [-0.2, 0) is 9.59 Å². The Bertz CT molecular complexity index is 247. The van der Waals surface area contributed by atoms with Gasteiger partial charge in [-0.3, -0.25) is 0 Å². The number of rotatable bonds is 6. The highest BCUT2D eigenvalue weighted by Gasteiger charge is 2.26. The number of hydrogen-bond donors (Lipinski definition) is 4. The first-order valence-corrected chi connectivity index (χ1v) is 6.37. The average Bonchev–Trinajstić information content (AvgIpc) is 2.72. The van der Waals surface area contributed by atoms with E-state index in [0.29, 0.717) is 18.3 Å². The van der Waals surface area contributed by atoms with Gasteiger partial charge in [-0.2, -0.15) is 9.59 Å². The summed E-state index contributed by atoms with van der Waals surface area (Å²) in [7, 11) is -1.17. The van der Waals surface area contributed by atoms with E-state index in [0.717, 1.165) is 38.5 Å². The molecule has 1 saturated carbocycles. The summed E-state index contributed by atoms with van der Waals surface area (Å²) in [5.74, 6) is 0.582. The van der Waals surface area contributed by atoms with Crippen molar-refractivity contribution < 1.29 is 19.6 Å². The fourth-order valence-electron chi connectivity index (χ4n) is 2.38. The molecular weight excluding hydrogens is 235 g/mol. The molecule has 6 N–H and O–H groups in total. The number of carbonyl (C=O) groups excluding carboxylic acids is 2. The molecule has 3 atom stereocenters. The molecule has 0 saturated heterocycles. The minimum atomic E-state index is -1.17. The summed E-state index contributed by atoms with van der Waals surface area (Å²) in [5.41, 5.74) is 11.9. The lowest BCUT2D eigenvalue weighted by molar-refractivity contribution is -0.191. The van der Waals surface area contributed by atoms with Crippen molar-refractivity contribution in [1.29, 1.82) is 0 Å². The normalized spacial score (nSPS) is 23.8. The third-order valence-corrected chi connectivity index (χ3v) is 3.37. The van der Waals surface area contributed by atoms with Crippen LogP contribution in [0.4, 0.5) is 0 Å². The van der Waals surface area contributed by atoms with Gasteiger partial charge in [-0.05, 0) is 37.9 Å². The van der Waals surface area contributed by atoms with Crippen molar-refractivity contribution in [3.8, 4) is 0 Å². The summed E-state index contributed by atoms with van der Waals surface area (Å²) < 4.78 is 0. The van der Waals surface area contributed by atoms with Gasteiger partial charge >= 0.3 is 13.3 Å². The van der Waals surface area contributed by atoms with Crippen molar-refractivity contribution in [2.75, 3.05) is 0 Å². The Labute approximate surface area is 108 Å². The van der Waals surface area contributed by atoms with Gasteiger partial charge in [0, 0.05) is 12.1 Å². The maximum atomic E-state index is 8.67. The molecule has 1 aliphatic carbocycles. The zero-order valence-corrected chi connectivity index (χ0v) is 10.6. The molecule has 0 spiro atoms. The van der Waals surface area contributed by atoms with Gasteiger partial charge in [-0.25, -0.2) is 0 Å². The molecule has 1 fully saturated rings. The molecule has 0 aromatic carbocycles. The van der Waals surface area contributed by atoms with Crippen molar-refractivity contribution in [2.24, 2.45) is 17.4 Å². The highest BCUT2D eigenvalue weighted by molar-refractivity contribution is 6.40. The first-order chi connectivity index (χ1) is 8.51. The molecule has 0 aromatic heterocycles. The van der Waals surface area contributed by atoms with E-state index in [9.17, 15) is 0 Å². The Morgan fingerprint density at radius 3 is 2.33 bits per heavy atom. The van der Waals surface area contributed by atoms with E-state index >= 15 is 0 Å². The smallest absolute Gasteiger partial charge is 0.427 e. The van der Waals surface area contributed by atoms with Crippen LogP contribution in [0.3, 0.4) is 0 Å². The summed E-state index contributed by atoms with van der Waals surface area (Å²) in [6.45, 7) is 0. The van der Waals surface area contributed by atoms with Gasteiger partial charge in [-0.1, -0.05) is 12.8 Å². The standard InChI is InChI=1S/C10H23BN2O2.CO2/c12-9-5-4-8(7-9)10(13)3-1-2-6-11(14)15;2-1-3/h8-10,14-15H,1-7,12-13H2;/t8?,9-,10-;/m0./s1. The van der Waals surface area contributed by atoms with Crippen LogP contribution in [0.2, 0.25) is 6.32 Å². The molecule has 0 bridgehead atoms.